The molecule has 0 saturated heterocycles. The largest absolute Gasteiger partial charge is 0.318 e. The van der Waals surface area contributed by atoms with E-state index in [9.17, 15) is 4.79 Å². The van der Waals surface area contributed by atoms with Crippen LogP contribution in [-0.2, 0) is 0 Å². The first-order chi connectivity index (χ1) is 10.6. The maximum atomic E-state index is 12.6. The summed E-state index contributed by atoms with van der Waals surface area (Å²) >= 11 is 0. The Hall–Kier alpha value is -1.93. The van der Waals surface area contributed by atoms with Crippen molar-refractivity contribution in [3.63, 3.8) is 0 Å². The van der Waals surface area contributed by atoms with Crippen molar-refractivity contribution in [3.8, 4) is 11.1 Å². The fraction of sp³-hybridized carbons (Fsp3) is 0.350. The molecule has 0 unspecified atom stereocenters. The number of carbonyl (C=O) groups is 1. The topological polar surface area (TPSA) is 17.1 Å². The van der Waals surface area contributed by atoms with Crippen LogP contribution in [0.3, 0.4) is 0 Å². The molecule has 0 aliphatic heterocycles. The molecule has 2 aromatic carbocycles. The van der Waals surface area contributed by atoms with E-state index in [1.807, 2.05) is 42.5 Å². The second kappa shape index (κ2) is 7.37. The summed E-state index contributed by atoms with van der Waals surface area (Å²) in [4.78, 5) is 12.6. The molecule has 0 radical (unpaired) electrons. The number of ketones is 1. The minimum absolute atomic E-state index is 0.241. The molecule has 2 heteroatoms. The normalized spacial score (nSPS) is 11.4. The monoisotopic (exact) mass is 296 g/mol. The quantitative estimate of drug-likeness (QED) is 0.546. The second-order valence-corrected chi connectivity index (χ2v) is 5.81. The first kappa shape index (κ1) is 16.4. The molecule has 0 saturated carbocycles. The number of Topliss-reactive ketones (excluding diaryl/α,β-unsaturated/α-hetero) is 1. The van der Waals surface area contributed by atoms with Gasteiger partial charge >= 0.3 is 0 Å². The SMILES string of the molecule is CC[N+](CC)(CC)CC(=O)c1ccc(-c2ccccc2)cc1. The van der Waals surface area contributed by atoms with E-state index in [0.717, 1.165) is 35.2 Å². The number of likely N-dealkylation sites (N-methyl/N-ethyl adjacent to an activating group) is 1. The number of nitrogens with zero attached hydrogens (tertiary/aromatic N) is 1. The van der Waals surface area contributed by atoms with Gasteiger partial charge in [0, 0.05) is 5.56 Å². The van der Waals surface area contributed by atoms with Gasteiger partial charge in [0.15, 0.2) is 0 Å². The molecule has 0 aromatic heterocycles. The molecule has 0 heterocycles. The standard InChI is InChI=1S/C20H26NO/c1-4-21(5-2,6-3)16-20(22)19-14-12-18(13-15-19)17-10-8-7-9-11-17/h7-15H,4-6,16H2,1-3H3/q+1. The lowest BCUT2D eigenvalue weighted by Crippen LogP contribution is -2.50. The Morgan fingerprint density at radius 2 is 1.27 bits per heavy atom. The molecule has 22 heavy (non-hydrogen) atoms. The molecule has 0 bridgehead atoms. The van der Waals surface area contributed by atoms with Crippen molar-refractivity contribution >= 4 is 5.78 Å². The summed E-state index contributed by atoms with van der Waals surface area (Å²) in [5.74, 6) is 0.241. The van der Waals surface area contributed by atoms with Crippen LogP contribution in [0.1, 0.15) is 31.1 Å². The highest BCUT2D eigenvalue weighted by Gasteiger charge is 2.25. The summed E-state index contributed by atoms with van der Waals surface area (Å²) in [5, 5.41) is 0. The zero-order valence-corrected chi connectivity index (χ0v) is 13.9. The van der Waals surface area contributed by atoms with Gasteiger partial charge in [-0.25, -0.2) is 0 Å². The lowest BCUT2D eigenvalue weighted by molar-refractivity contribution is -0.915. The fourth-order valence-corrected chi connectivity index (χ4v) is 2.88. The highest BCUT2D eigenvalue weighted by atomic mass is 16.1. The number of quaternary nitrogens is 1. The minimum atomic E-state index is 0.241. The molecule has 0 N–H and O–H groups in total. The summed E-state index contributed by atoms with van der Waals surface area (Å²) in [6, 6.07) is 18.3. The van der Waals surface area contributed by atoms with Gasteiger partial charge in [0.1, 0.15) is 6.54 Å². The van der Waals surface area contributed by atoms with Crippen LogP contribution in [0.2, 0.25) is 0 Å². The average molecular weight is 296 g/mol. The van der Waals surface area contributed by atoms with Gasteiger partial charge in [-0.15, -0.1) is 0 Å². The van der Waals surface area contributed by atoms with Gasteiger partial charge in [-0.05, 0) is 31.9 Å². The predicted molar refractivity (Wildman–Crippen MR) is 93.0 cm³/mol. The molecule has 0 amide bonds. The Kier molecular flexibility index (Phi) is 5.51. The Bertz CT molecular complexity index is 589. The molecule has 2 rings (SSSR count). The summed E-state index contributed by atoms with van der Waals surface area (Å²) in [7, 11) is 0. The van der Waals surface area contributed by atoms with Crippen molar-refractivity contribution in [3.05, 3.63) is 60.2 Å². The van der Waals surface area contributed by atoms with Gasteiger partial charge in [-0.2, -0.15) is 0 Å². The Labute approximate surface area is 134 Å². The molecule has 2 nitrogen and oxygen atoms in total. The summed E-state index contributed by atoms with van der Waals surface area (Å²) in [6.07, 6.45) is 0. The Morgan fingerprint density at radius 1 is 0.773 bits per heavy atom. The number of hydrogen-bond donors (Lipinski definition) is 0. The van der Waals surface area contributed by atoms with Crippen LogP contribution in [0.25, 0.3) is 11.1 Å². The number of rotatable bonds is 7. The van der Waals surface area contributed by atoms with Gasteiger partial charge in [-0.3, -0.25) is 4.79 Å². The van der Waals surface area contributed by atoms with Crippen molar-refractivity contribution < 1.29 is 9.28 Å². The van der Waals surface area contributed by atoms with Crippen LogP contribution in [0.15, 0.2) is 54.6 Å². The third-order valence-corrected chi connectivity index (χ3v) is 4.81. The zero-order chi connectivity index (χ0) is 16.0. The van der Waals surface area contributed by atoms with Crippen molar-refractivity contribution in [1.82, 2.24) is 0 Å². The van der Waals surface area contributed by atoms with Gasteiger partial charge in [0.25, 0.3) is 0 Å². The highest BCUT2D eigenvalue weighted by Crippen LogP contribution is 2.20. The molecular formula is C20H26NO+. The highest BCUT2D eigenvalue weighted by molar-refractivity contribution is 5.97. The predicted octanol–water partition coefficient (Wildman–Crippen LogP) is 4.41. The first-order valence-electron chi connectivity index (χ1n) is 8.18. The van der Waals surface area contributed by atoms with Crippen LogP contribution < -0.4 is 0 Å². The van der Waals surface area contributed by atoms with E-state index in [1.54, 1.807) is 0 Å². The molecule has 0 fully saturated rings. The fourth-order valence-electron chi connectivity index (χ4n) is 2.88. The molecular weight excluding hydrogens is 270 g/mol. The number of hydrogen-bond acceptors (Lipinski definition) is 1. The van der Waals surface area contributed by atoms with Gasteiger partial charge < -0.3 is 4.48 Å². The molecule has 0 spiro atoms. The maximum absolute atomic E-state index is 12.6. The number of benzene rings is 2. The Balaban J connectivity index is 2.15. The van der Waals surface area contributed by atoms with E-state index in [-0.39, 0.29) is 5.78 Å². The van der Waals surface area contributed by atoms with Gasteiger partial charge in [0.05, 0.1) is 19.6 Å². The smallest absolute Gasteiger partial charge is 0.216 e. The van der Waals surface area contributed by atoms with Crippen LogP contribution in [-0.4, -0.2) is 36.4 Å². The molecule has 2 aromatic rings. The number of carbonyl (C=O) groups excluding carboxylic acids is 1. The van der Waals surface area contributed by atoms with E-state index in [1.165, 1.54) is 5.56 Å². The maximum Gasteiger partial charge on any atom is 0.216 e. The summed E-state index contributed by atoms with van der Waals surface area (Å²) in [5.41, 5.74) is 3.15. The van der Waals surface area contributed by atoms with Crippen molar-refractivity contribution in [2.24, 2.45) is 0 Å². The third-order valence-electron chi connectivity index (χ3n) is 4.81. The molecule has 0 aliphatic rings. The third kappa shape index (κ3) is 3.63. The van der Waals surface area contributed by atoms with E-state index in [0.29, 0.717) is 6.54 Å². The van der Waals surface area contributed by atoms with E-state index in [2.05, 4.69) is 32.9 Å². The molecule has 0 atom stereocenters. The van der Waals surface area contributed by atoms with Crippen molar-refractivity contribution in [1.29, 1.82) is 0 Å². The van der Waals surface area contributed by atoms with E-state index in [4.69, 9.17) is 0 Å². The van der Waals surface area contributed by atoms with Crippen molar-refractivity contribution in [2.45, 2.75) is 20.8 Å². The van der Waals surface area contributed by atoms with E-state index >= 15 is 0 Å². The van der Waals surface area contributed by atoms with Crippen LogP contribution >= 0.6 is 0 Å². The molecule has 0 aliphatic carbocycles. The van der Waals surface area contributed by atoms with Crippen LogP contribution in [0.4, 0.5) is 0 Å². The van der Waals surface area contributed by atoms with E-state index < -0.39 is 0 Å². The van der Waals surface area contributed by atoms with Crippen LogP contribution in [0, 0.1) is 0 Å². The lowest BCUT2D eigenvalue weighted by atomic mass is 10.0. The minimum Gasteiger partial charge on any atom is -0.318 e. The summed E-state index contributed by atoms with van der Waals surface area (Å²) < 4.78 is 0.860. The van der Waals surface area contributed by atoms with Gasteiger partial charge in [-0.1, -0.05) is 54.6 Å². The zero-order valence-electron chi connectivity index (χ0n) is 13.9. The lowest BCUT2D eigenvalue weighted by Gasteiger charge is -2.35. The second-order valence-electron chi connectivity index (χ2n) is 5.81. The van der Waals surface area contributed by atoms with Gasteiger partial charge in [0.2, 0.25) is 5.78 Å². The molecule has 116 valence electrons. The summed E-state index contributed by atoms with van der Waals surface area (Å²) in [6.45, 7) is 10.1. The first-order valence-corrected chi connectivity index (χ1v) is 8.18. The van der Waals surface area contributed by atoms with Crippen molar-refractivity contribution in [2.75, 3.05) is 26.2 Å². The average Bonchev–Trinajstić information content (AvgIpc) is 2.60. The Morgan fingerprint density at radius 3 is 1.77 bits per heavy atom. The van der Waals surface area contributed by atoms with Crippen LogP contribution in [0.5, 0.6) is 0 Å².